The molecular formula is C18H27N3O2. The van der Waals surface area contributed by atoms with Crippen LogP contribution in [0.5, 0.6) is 5.75 Å². The van der Waals surface area contributed by atoms with Crippen molar-refractivity contribution in [2.24, 2.45) is 0 Å². The van der Waals surface area contributed by atoms with Gasteiger partial charge in [-0.3, -0.25) is 9.69 Å². The summed E-state index contributed by atoms with van der Waals surface area (Å²) >= 11 is 0. The highest BCUT2D eigenvalue weighted by molar-refractivity contribution is 5.94. The maximum Gasteiger partial charge on any atom is 0.254 e. The number of piperazine rings is 1. The lowest BCUT2D eigenvalue weighted by Gasteiger charge is -2.35. The number of carbonyl (C=O) groups is 1. The summed E-state index contributed by atoms with van der Waals surface area (Å²) in [5.74, 6) is 0.195. The molecule has 0 atom stereocenters. The molecule has 5 nitrogen and oxygen atoms in total. The van der Waals surface area contributed by atoms with Crippen LogP contribution in [0.2, 0.25) is 0 Å². The molecule has 0 radical (unpaired) electrons. The monoisotopic (exact) mass is 317 g/mol. The van der Waals surface area contributed by atoms with E-state index >= 15 is 0 Å². The molecule has 0 aliphatic carbocycles. The quantitative estimate of drug-likeness (QED) is 0.915. The van der Waals surface area contributed by atoms with E-state index in [1.807, 2.05) is 17.9 Å². The molecule has 2 fully saturated rings. The van der Waals surface area contributed by atoms with E-state index in [0.717, 1.165) is 44.8 Å². The van der Waals surface area contributed by atoms with Gasteiger partial charge in [0.2, 0.25) is 0 Å². The number of aromatic hydroxyl groups is 1. The van der Waals surface area contributed by atoms with Gasteiger partial charge in [-0.15, -0.1) is 0 Å². The number of phenols is 1. The Morgan fingerprint density at radius 3 is 2.17 bits per heavy atom. The zero-order chi connectivity index (χ0) is 16.2. The van der Waals surface area contributed by atoms with Gasteiger partial charge < -0.3 is 14.9 Å². The lowest BCUT2D eigenvalue weighted by molar-refractivity contribution is 0.0626. The van der Waals surface area contributed by atoms with Crippen LogP contribution in [0.4, 0.5) is 0 Å². The molecule has 23 heavy (non-hydrogen) atoms. The lowest BCUT2D eigenvalue weighted by atomic mass is 10.1. The number of amides is 1. The fourth-order valence-electron chi connectivity index (χ4n) is 3.53. The first-order valence-electron chi connectivity index (χ1n) is 8.66. The van der Waals surface area contributed by atoms with Crippen molar-refractivity contribution in [3.05, 3.63) is 29.3 Å². The minimum Gasteiger partial charge on any atom is -0.508 e. The highest BCUT2D eigenvalue weighted by Gasteiger charge is 2.23. The first-order chi connectivity index (χ1) is 11.1. The van der Waals surface area contributed by atoms with Crippen LogP contribution in [-0.4, -0.2) is 78.1 Å². The molecule has 1 aromatic carbocycles. The van der Waals surface area contributed by atoms with E-state index in [-0.39, 0.29) is 11.7 Å². The fourth-order valence-corrected chi connectivity index (χ4v) is 3.53. The van der Waals surface area contributed by atoms with Gasteiger partial charge in [-0.05, 0) is 56.6 Å². The number of hydrogen-bond acceptors (Lipinski definition) is 4. The van der Waals surface area contributed by atoms with Gasteiger partial charge in [-0.2, -0.15) is 0 Å². The summed E-state index contributed by atoms with van der Waals surface area (Å²) in [6, 6.07) is 5.09. The highest BCUT2D eigenvalue weighted by atomic mass is 16.3. The zero-order valence-corrected chi connectivity index (χ0v) is 14.0. The van der Waals surface area contributed by atoms with E-state index in [4.69, 9.17) is 0 Å². The Labute approximate surface area is 138 Å². The Balaban J connectivity index is 1.48. The summed E-state index contributed by atoms with van der Waals surface area (Å²) in [4.78, 5) is 19.5. The molecule has 2 aliphatic rings. The number of rotatable bonds is 4. The largest absolute Gasteiger partial charge is 0.508 e. The van der Waals surface area contributed by atoms with Crippen molar-refractivity contribution in [1.29, 1.82) is 0 Å². The van der Waals surface area contributed by atoms with Gasteiger partial charge in [0.05, 0.1) is 0 Å². The number of phenolic OH excluding ortho intramolecular Hbond substituents is 1. The van der Waals surface area contributed by atoms with E-state index in [1.54, 1.807) is 12.1 Å². The lowest BCUT2D eigenvalue weighted by Crippen LogP contribution is -2.50. The van der Waals surface area contributed by atoms with Crippen LogP contribution in [-0.2, 0) is 0 Å². The smallest absolute Gasteiger partial charge is 0.254 e. The zero-order valence-electron chi connectivity index (χ0n) is 14.0. The predicted octanol–water partition coefficient (Wildman–Crippen LogP) is 1.55. The van der Waals surface area contributed by atoms with Gasteiger partial charge in [0.15, 0.2) is 0 Å². The molecule has 0 aromatic heterocycles. The van der Waals surface area contributed by atoms with Crippen LogP contribution in [0.3, 0.4) is 0 Å². The van der Waals surface area contributed by atoms with E-state index in [2.05, 4.69) is 9.80 Å². The summed E-state index contributed by atoms with van der Waals surface area (Å²) in [5, 5.41) is 9.67. The highest BCUT2D eigenvalue weighted by Crippen LogP contribution is 2.17. The number of hydrogen-bond donors (Lipinski definition) is 1. The second-order valence-electron chi connectivity index (χ2n) is 6.74. The van der Waals surface area contributed by atoms with Crippen molar-refractivity contribution in [1.82, 2.24) is 14.7 Å². The van der Waals surface area contributed by atoms with Crippen molar-refractivity contribution < 1.29 is 9.90 Å². The summed E-state index contributed by atoms with van der Waals surface area (Å²) in [7, 11) is 0. The molecule has 3 rings (SSSR count). The van der Waals surface area contributed by atoms with Crippen LogP contribution < -0.4 is 0 Å². The number of likely N-dealkylation sites (tertiary alicyclic amines) is 1. The van der Waals surface area contributed by atoms with Crippen molar-refractivity contribution >= 4 is 5.91 Å². The van der Waals surface area contributed by atoms with Gasteiger partial charge in [-0.25, -0.2) is 0 Å². The first kappa shape index (κ1) is 16.3. The Morgan fingerprint density at radius 1 is 0.957 bits per heavy atom. The molecule has 5 heteroatoms. The molecule has 2 heterocycles. The molecule has 1 aromatic rings. The average Bonchev–Trinajstić information content (AvgIpc) is 3.05. The van der Waals surface area contributed by atoms with Gasteiger partial charge in [-0.1, -0.05) is 0 Å². The van der Waals surface area contributed by atoms with E-state index in [1.165, 1.54) is 25.9 Å². The van der Waals surface area contributed by atoms with E-state index in [9.17, 15) is 9.90 Å². The van der Waals surface area contributed by atoms with E-state index < -0.39 is 0 Å². The molecular weight excluding hydrogens is 290 g/mol. The number of aryl methyl sites for hydroxylation is 1. The van der Waals surface area contributed by atoms with Gasteiger partial charge in [0.1, 0.15) is 5.75 Å². The van der Waals surface area contributed by atoms with Crippen molar-refractivity contribution in [3.63, 3.8) is 0 Å². The third kappa shape index (κ3) is 4.24. The third-order valence-corrected chi connectivity index (χ3v) is 4.90. The van der Waals surface area contributed by atoms with Crippen molar-refractivity contribution in [3.8, 4) is 5.75 Å². The summed E-state index contributed by atoms with van der Waals surface area (Å²) < 4.78 is 0. The van der Waals surface area contributed by atoms with Crippen LogP contribution >= 0.6 is 0 Å². The number of benzene rings is 1. The summed E-state index contributed by atoms with van der Waals surface area (Å²) in [6.07, 6.45) is 2.68. The van der Waals surface area contributed by atoms with Crippen molar-refractivity contribution in [2.45, 2.75) is 19.8 Å². The molecule has 126 valence electrons. The summed E-state index contributed by atoms with van der Waals surface area (Å²) in [6.45, 7) is 10.1. The van der Waals surface area contributed by atoms with Gasteiger partial charge >= 0.3 is 0 Å². The minimum absolute atomic E-state index is 0.0307. The summed E-state index contributed by atoms with van der Waals surface area (Å²) in [5.41, 5.74) is 1.51. The predicted molar refractivity (Wildman–Crippen MR) is 90.9 cm³/mol. The second-order valence-corrected chi connectivity index (χ2v) is 6.74. The standard InChI is InChI=1S/C18H27N3O2/c1-15-12-16(14-17(22)13-15)18(23)21-10-8-20(9-11-21)7-6-19-4-2-3-5-19/h12-14,22H,2-11H2,1H3. The average molecular weight is 317 g/mol. The van der Waals surface area contributed by atoms with Gasteiger partial charge in [0, 0.05) is 44.8 Å². The van der Waals surface area contributed by atoms with Crippen LogP contribution in [0.1, 0.15) is 28.8 Å². The molecule has 0 spiro atoms. The number of carbonyl (C=O) groups excluding carboxylic acids is 1. The Kier molecular flexibility index (Phi) is 5.18. The molecule has 0 unspecified atom stereocenters. The maximum atomic E-state index is 12.6. The normalized spacial score (nSPS) is 20.1. The molecule has 2 aliphatic heterocycles. The minimum atomic E-state index is 0.0307. The Morgan fingerprint density at radius 2 is 1.57 bits per heavy atom. The first-order valence-corrected chi connectivity index (χ1v) is 8.66. The van der Waals surface area contributed by atoms with E-state index in [0.29, 0.717) is 5.56 Å². The molecule has 1 amide bonds. The Bertz CT molecular complexity index is 527. The van der Waals surface area contributed by atoms with Crippen LogP contribution in [0, 0.1) is 6.92 Å². The fraction of sp³-hybridized carbons (Fsp3) is 0.611. The third-order valence-electron chi connectivity index (χ3n) is 4.90. The second kappa shape index (κ2) is 7.32. The topological polar surface area (TPSA) is 47.0 Å². The van der Waals surface area contributed by atoms with Crippen LogP contribution in [0.25, 0.3) is 0 Å². The molecule has 0 saturated carbocycles. The molecule has 1 N–H and O–H groups in total. The van der Waals surface area contributed by atoms with Crippen molar-refractivity contribution in [2.75, 3.05) is 52.4 Å². The molecule has 0 bridgehead atoms. The van der Waals surface area contributed by atoms with Crippen LogP contribution in [0.15, 0.2) is 18.2 Å². The Hall–Kier alpha value is -1.59. The maximum absolute atomic E-state index is 12.6. The number of nitrogens with zero attached hydrogens (tertiary/aromatic N) is 3. The SMILES string of the molecule is Cc1cc(O)cc(C(=O)N2CCN(CCN3CCCC3)CC2)c1. The van der Waals surface area contributed by atoms with Gasteiger partial charge in [0.25, 0.3) is 5.91 Å². The molecule has 2 saturated heterocycles.